The van der Waals surface area contributed by atoms with Crippen LogP contribution < -0.4 is 25.4 Å². The van der Waals surface area contributed by atoms with Gasteiger partial charge in [-0.1, -0.05) is 48.5 Å². The predicted molar refractivity (Wildman–Crippen MR) is 148 cm³/mol. The average molecular weight is 526 g/mol. The molecule has 0 saturated heterocycles. The normalized spacial score (nSPS) is 14.7. The molecule has 3 N–H and O–H groups in total. The molecule has 0 spiro atoms. The van der Waals surface area contributed by atoms with E-state index in [9.17, 15) is 14.0 Å². The van der Waals surface area contributed by atoms with E-state index in [-0.39, 0.29) is 18.3 Å². The summed E-state index contributed by atoms with van der Waals surface area (Å²) in [6.07, 6.45) is -0.0767. The third-order valence-electron chi connectivity index (χ3n) is 6.44. The number of anilines is 2. The fourth-order valence-electron chi connectivity index (χ4n) is 4.34. The summed E-state index contributed by atoms with van der Waals surface area (Å²) < 4.78 is 25.6. The van der Waals surface area contributed by atoms with Gasteiger partial charge in [-0.15, -0.1) is 0 Å². The Morgan fingerprint density at radius 3 is 2.38 bits per heavy atom. The van der Waals surface area contributed by atoms with Crippen LogP contribution >= 0.6 is 0 Å². The highest BCUT2D eigenvalue weighted by molar-refractivity contribution is 6.02. The molecule has 3 amide bonds. The van der Waals surface area contributed by atoms with Crippen LogP contribution in [0, 0.1) is 12.7 Å². The molecule has 1 aliphatic heterocycles. The SMILES string of the molecule is Cc1ccc(C(=O)NC(Cc2ccc(F)cc2)C2COc3ccccc3O2)cc1NC(=O)Nc1ccccc1. The van der Waals surface area contributed by atoms with Crippen LogP contribution in [0.4, 0.5) is 20.6 Å². The summed E-state index contributed by atoms with van der Waals surface area (Å²) in [7, 11) is 0. The number of hydrogen-bond donors (Lipinski definition) is 3. The van der Waals surface area contributed by atoms with Gasteiger partial charge >= 0.3 is 6.03 Å². The van der Waals surface area contributed by atoms with Crippen molar-refractivity contribution in [1.29, 1.82) is 0 Å². The fraction of sp³-hybridized carbons (Fsp3) is 0.161. The lowest BCUT2D eigenvalue weighted by molar-refractivity contribution is 0.0565. The van der Waals surface area contributed by atoms with Gasteiger partial charge in [0.05, 0.1) is 6.04 Å². The van der Waals surface area contributed by atoms with Crippen molar-refractivity contribution in [2.45, 2.75) is 25.5 Å². The van der Waals surface area contributed by atoms with Crippen molar-refractivity contribution in [3.63, 3.8) is 0 Å². The Kier molecular flexibility index (Phi) is 7.73. The van der Waals surface area contributed by atoms with Crippen molar-refractivity contribution in [3.8, 4) is 11.5 Å². The Balaban J connectivity index is 1.33. The fourth-order valence-corrected chi connectivity index (χ4v) is 4.34. The zero-order valence-corrected chi connectivity index (χ0v) is 21.3. The molecule has 2 unspecified atom stereocenters. The topological polar surface area (TPSA) is 88.7 Å². The minimum atomic E-state index is -0.478. The number of rotatable bonds is 7. The molecule has 7 nitrogen and oxygen atoms in total. The van der Waals surface area contributed by atoms with E-state index >= 15 is 0 Å². The van der Waals surface area contributed by atoms with E-state index in [4.69, 9.17) is 9.47 Å². The van der Waals surface area contributed by atoms with Crippen LogP contribution in [0.3, 0.4) is 0 Å². The quantitative estimate of drug-likeness (QED) is 0.278. The summed E-state index contributed by atoms with van der Waals surface area (Å²) in [6.45, 7) is 2.09. The standard InChI is InChI=1S/C31H28FN3O4/c1-20-11-14-22(18-25(20)35-31(37)33-24-7-3-2-4-8-24)30(36)34-26(17-21-12-15-23(32)16-13-21)29-19-38-27-9-5-6-10-28(27)39-29/h2-16,18,26,29H,17,19H2,1H3,(H,34,36)(H2,33,35,37). The summed E-state index contributed by atoms with van der Waals surface area (Å²) in [5.41, 5.74) is 3.18. The van der Waals surface area contributed by atoms with Crippen LogP contribution in [0.5, 0.6) is 11.5 Å². The van der Waals surface area contributed by atoms with Gasteiger partial charge < -0.3 is 25.4 Å². The van der Waals surface area contributed by atoms with Crippen molar-refractivity contribution >= 4 is 23.3 Å². The zero-order valence-electron chi connectivity index (χ0n) is 21.3. The first-order valence-corrected chi connectivity index (χ1v) is 12.6. The number of aryl methyl sites for hydroxylation is 1. The van der Waals surface area contributed by atoms with E-state index in [1.165, 1.54) is 12.1 Å². The second-order valence-electron chi connectivity index (χ2n) is 9.30. The van der Waals surface area contributed by atoms with Gasteiger partial charge in [-0.2, -0.15) is 0 Å². The first-order chi connectivity index (χ1) is 18.9. The number of carbonyl (C=O) groups excluding carboxylic acids is 2. The highest BCUT2D eigenvalue weighted by atomic mass is 19.1. The van der Waals surface area contributed by atoms with Gasteiger partial charge in [-0.3, -0.25) is 4.79 Å². The van der Waals surface area contributed by atoms with Gasteiger partial charge in [0.1, 0.15) is 12.4 Å². The van der Waals surface area contributed by atoms with Crippen molar-refractivity contribution in [2.75, 3.05) is 17.2 Å². The van der Waals surface area contributed by atoms with E-state index in [1.807, 2.05) is 49.4 Å². The Hall–Kier alpha value is -4.85. The van der Waals surface area contributed by atoms with Crippen molar-refractivity contribution in [3.05, 3.63) is 120 Å². The largest absolute Gasteiger partial charge is 0.486 e. The van der Waals surface area contributed by atoms with Gasteiger partial charge in [0, 0.05) is 16.9 Å². The van der Waals surface area contributed by atoms with Crippen LogP contribution in [0.25, 0.3) is 0 Å². The summed E-state index contributed by atoms with van der Waals surface area (Å²) in [5, 5.41) is 8.66. The average Bonchev–Trinajstić information content (AvgIpc) is 2.95. The van der Waals surface area contributed by atoms with Crippen LogP contribution in [-0.2, 0) is 6.42 Å². The number of benzene rings is 4. The maximum atomic E-state index is 13.5. The molecule has 0 fully saturated rings. The lowest BCUT2D eigenvalue weighted by atomic mass is 10.00. The van der Waals surface area contributed by atoms with Crippen LogP contribution in [0.2, 0.25) is 0 Å². The first kappa shape index (κ1) is 25.8. The summed E-state index contributed by atoms with van der Waals surface area (Å²) >= 11 is 0. The van der Waals surface area contributed by atoms with Crippen molar-refractivity contribution in [2.24, 2.45) is 0 Å². The Morgan fingerprint density at radius 1 is 0.897 bits per heavy atom. The number of fused-ring (bicyclic) bond motifs is 1. The second-order valence-corrected chi connectivity index (χ2v) is 9.30. The maximum absolute atomic E-state index is 13.5. The molecule has 2 atom stereocenters. The molecule has 0 aliphatic carbocycles. The Morgan fingerprint density at radius 2 is 1.62 bits per heavy atom. The lowest BCUT2D eigenvalue weighted by Crippen LogP contribution is -2.51. The maximum Gasteiger partial charge on any atom is 0.323 e. The van der Waals surface area contributed by atoms with E-state index in [0.29, 0.717) is 34.9 Å². The molecule has 4 aromatic carbocycles. The molecule has 0 aromatic heterocycles. The smallest absolute Gasteiger partial charge is 0.323 e. The number of nitrogens with one attached hydrogen (secondary N) is 3. The van der Waals surface area contributed by atoms with Crippen molar-refractivity contribution in [1.82, 2.24) is 5.32 Å². The molecule has 1 aliphatic rings. The molecular formula is C31H28FN3O4. The zero-order chi connectivity index (χ0) is 27.2. The summed E-state index contributed by atoms with van der Waals surface area (Å²) in [6, 6.07) is 26.8. The third kappa shape index (κ3) is 6.54. The third-order valence-corrected chi connectivity index (χ3v) is 6.44. The molecule has 0 saturated carbocycles. The molecular weight excluding hydrogens is 497 g/mol. The lowest BCUT2D eigenvalue weighted by Gasteiger charge is -2.33. The number of amides is 3. The van der Waals surface area contributed by atoms with Gasteiger partial charge in [0.25, 0.3) is 5.91 Å². The number of ether oxygens (including phenoxy) is 2. The first-order valence-electron chi connectivity index (χ1n) is 12.6. The highest BCUT2D eigenvalue weighted by Gasteiger charge is 2.31. The summed E-state index contributed by atoms with van der Waals surface area (Å²) in [5.74, 6) is 0.569. The van der Waals surface area contributed by atoms with Gasteiger partial charge in [-0.25, -0.2) is 9.18 Å². The number of halogens is 1. The van der Waals surface area contributed by atoms with Crippen molar-refractivity contribution < 1.29 is 23.5 Å². The molecule has 4 aromatic rings. The van der Waals surface area contributed by atoms with Crippen LogP contribution in [-0.4, -0.2) is 30.7 Å². The molecule has 5 rings (SSSR count). The predicted octanol–water partition coefficient (Wildman–Crippen LogP) is 5.96. The van der Waals surface area contributed by atoms with Gasteiger partial charge in [0.15, 0.2) is 17.6 Å². The van der Waals surface area contributed by atoms with Gasteiger partial charge in [-0.05, 0) is 73.0 Å². The summed E-state index contributed by atoms with van der Waals surface area (Å²) in [4.78, 5) is 26.0. The molecule has 198 valence electrons. The van der Waals surface area contributed by atoms with Gasteiger partial charge in [0.2, 0.25) is 0 Å². The van der Waals surface area contributed by atoms with E-state index in [0.717, 1.165) is 11.1 Å². The molecule has 0 radical (unpaired) electrons. The van der Waals surface area contributed by atoms with E-state index in [2.05, 4.69) is 16.0 Å². The molecule has 1 heterocycles. The van der Waals surface area contributed by atoms with Crippen LogP contribution in [0.15, 0.2) is 97.1 Å². The molecule has 0 bridgehead atoms. The monoisotopic (exact) mass is 525 g/mol. The number of carbonyl (C=O) groups is 2. The Labute approximate surface area is 226 Å². The number of urea groups is 1. The second kappa shape index (κ2) is 11.7. The number of hydrogen-bond acceptors (Lipinski definition) is 4. The molecule has 39 heavy (non-hydrogen) atoms. The number of para-hydroxylation sites is 3. The minimum absolute atomic E-state index is 0.240. The minimum Gasteiger partial charge on any atom is -0.486 e. The Bertz CT molecular complexity index is 1460. The highest BCUT2D eigenvalue weighted by Crippen LogP contribution is 2.32. The van der Waals surface area contributed by atoms with Crippen LogP contribution in [0.1, 0.15) is 21.5 Å². The van der Waals surface area contributed by atoms with E-state index in [1.54, 1.807) is 42.5 Å². The molecule has 8 heteroatoms. The van der Waals surface area contributed by atoms with E-state index < -0.39 is 18.2 Å².